The Balaban J connectivity index is 1.07. The molecule has 2 N–H and O–H groups in total. The maximum atomic E-state index is 14.4. The number of fused-ring (bicyclic) bond motifs is 5. The summed E-state index contributed by atoms with van der Waals surface area (Å²) in [6, 6.07) is 2.45. The summed E-state index contributed by atoms with van der Waals surface area (Å²) in [5.74, 6) is -3.65. The normalized spacial score (nSPS) is 25.5. The summed E-state index contributed by atoms with van der Waals surface area (Å²) in [5.41, 5.74) is -1.14. The molecule has 4 heterocycles. The van der Waals surface area contributed by atoms with Crippen LogP contribution >= 0.6 is 23.4 Å². The molecular weight excluding hydrogens is 1110 g/mol. The van der Waals surface area contributed by atoms with Crippen LogP contribution < -0.4 is 15.0 Å². The average Bonchev–Trinajstić information content (AvgIpc) is 1.99. The van der Waals surface area contributed by atoms with Crippen LogP contribution in [0.1, 0.15) is 92.1 Å². The van der Waals surface area contributed by atoms with Gasteiger partial charge in [0.05, 0.1) is 90.4 Å². The van der Waals surface area contributed by atoms with Crippen LogP contribution in [0.25, 0.3) is 0 Å². The third kappa shape index (κ3) is 19.1. The van der Waals surface area contributed by atoms with Gasteiger partial charge in [0, 0.05) is 71.1 Å². The number of benzene rings is 1. The first kappa shape index (κ1) is 67.4. The molecule has 24 nitrogen and oxygen atoms in total. The summed E-state index contributed by atoms with van der Waals surface area (Å²) in [6.07, 6.45) is 0.831. The van der Waals surface area contributed by atoms with Gasteiger partial charge in [0.15, 0.2) is 5.72 Å². The molecule has 0 aromatic heterocycles. The number of carbonyl (C=O) groups excluding carboxylic acids is 8. The molecule has 0 saturated carbocycles. The highest BCUT2D eigenvalue weighted by molar-refractivity contribution is 8.01. The Bertz CT molecular complexity index is 2480. The number of imide groups is 1. The van der Waals surface area contributed by atoms with Crippen molar-refractivity contribution in [3.05, 3.63) is 46.5 Å². The van der Waals surface area contributed by atoms with Crippen molar-refractivity contribution in [2.24, 2.45) is 5.92 Å². The number of ether oxygens (including phenoxy) is 9. The van der Waals surface area contributed by atoms with E-state index < -0.39 is 88.2 Å². The highest BCUT2D eigenvalue weighted by Crippen LogP contribution is 2.49. The molecule has 0 spiro atoms. The van der Waals surface area contributed by atoms with Crippen LogP contribution in [0.4, 0.5) is 10.5 Å². The van der Waals surface area contributed by atoms with Gasteiger partial charge in [-0.2, -0.15) is 0 Å². The number of nitrogens with one attached hydrogen (secondary N) is 1. The molecule has 458 valence electrons. The third-order valence-electron chi connectivity index (χ3n) is 14.8. The number of esters is 1. The van der Waals surface area contributed by atoms with Gasteiger partial charge in [-0.25, -0.2) is 14.4 Å². The zero-order chi connectivity index (χ0) is 60.5. The topological polar surface area (TPSA) is 277 Å². The number of thioether (sulfide) groups is 1. The summed E-state index contributed by atoms with van der Waals surface area (Å²) < 4.78 is 50.9. The lowest BCUT2D eigenvalue weighted by Gasteiger charge is -2.42. The molecule has 1 aromatic carbocycles. The first-order chi connectivity index (χ1) is 38.7. The van der Waals surface area contributed by atoms with E-state index in [4.69, 9.17) is 59.1 Å². The molecule has 0 radical (unpaired) electrons. The van der Waals surface area contributed by atoms with Crippen molar-refractivity contribution >= 4 is 76.6 Å². The standard InChI is InChI=1S/C56H82ClN5O19S/c1-35-13-12-14-42(73-11)56(71)33-41(78-53(70)58-56)36(2)51-55(6,80-51)43(32-47(66)61(9)39-30-38(29-35)31-40(72-10)50(39)57)79-52(69)37(3)60(8)44(63)17-19-54(4,5)82-34-48(67)59(7)20-22-75-24-26-77-28-27-76-25-23-74-21-18-49(68)81-62-45(64)15-16-46(62)65/h12-14,30-31,36-37,41-43,51,71H,15-29,32-34H2,1-11H3,(H,58,70)/b14-12+,35-13+/t36-,37+,41+,42-,43+,51+,55+,56+/m1/s1. The number of epoxide rings is 1. The predicted molar refractivity (Wildman–Crippen MR) is 299 cm³/mol. The first-order valence-corrected chi connectivity index (χ1v) is 28.7. The van der Waals surface area contributed by atoms with Gasteiger partial charge in [-0.3, -0.25) is 29.3 Å². The number of rotatable bonds is 27. The zero-order valence-corrected chi connectivity index (χ0v) is 50.5. The van der Waals surface area contributed by atoms with E-state index in [0.29, 0.717) is 68.9 Å². The number of likely N-dealkylation sites (N-methyl/N-ethyl adjacent to an activating group) is 2. The minimum atomic E-state index is -1.88. The first-order valence-electron chi connectivity index (χ1n) is 27.3. The molecule has 3 fully saturated rings. The molecular formula is C56H82ClN5O19S. The molecule has 26 heteroatoms. The van der Waals surface area contributed by atoms with E-state index in [1.54, 1.807) is 57.1 Å². The van der Waals surface area contributed by atoms with Crippen molar-refractivity contribution < 1.29 is 90.9 Å². The SMILES string of the molecule is COc1cc2cc(c1Cl)N(C)C(=O)C[C@H](OC(=O)[C@H](C)N(C)C(=O)CCC(C)(C)SCC(=O)N(C)CCOCCOCCOCCOCCC(=O)ON1C(=O)CCC1=O)[C@]1(C)O[C@H]1[C@H](C)[C@@H]1C[C@@](O)(NC(=O)O1)[C@H](OC)/C=C/C=C(\C)C2. The predicted octanol–water partition coefficient (Wildman–Crippen LogP) is 4.33. The Morgan fingerprint density at radius 2 is 1.55 bits per heavy atom. The van der Waals surface area contributed by atoms with E-state index in [2.05, 4.69) is 5.32 Å². The number of hydrogen-bond acceptors (Lipinski definition) is 20. The molecule has 82 heavy (non-hydrogen) atoms. The number of hydroxylamine groups is 2. The molecule has 6 amide bonds. The molecule has 4 aliphatic heterocycles. The van der Waals surface area contributed by atoms with Gasteiger partial charge in [0.1, 0.15) is 40.7 Å². The second-order valence-corrected chi connectivity index (χ2v) is 23.6. The number of anilines is 1. The highest BCUT2D eigenvalue weighted by Gasteiger charge is 2.64. The van der Waals surface area contributed by atoms with E-state index in [0.717, 1.165) is 11.1 Å². The fourth-order valence-corrected chi connectivity index (χ4v) is 10.6. The monoisotopic (exact) mass is 1200 g/mol. The Morgan fingerprint density at radius 3 is 2.17 bits per heavy atom. The van der Waals surface area contributed by atoms with Crippen molar-refractivity contribution in [1.29, 1.82) is 0 Å². The Kier molecular flexibility index (Phi) is 25.5. The van der Waals surface area contributed by atoms with Crippen LogP contribution in [0.5, 0.6) is 5.75 Å². The minimum Gasteiger partial charge on any atom is -0.495 e. The molecule has 3 saturated heterocycles. The molecule has 0 unspecified atom stereocenters. The van der Waals surface area contributed by atoms with Gasteiger partial charge < -0.3 is 67.3 Å². The number of amides is 6. The van der Waals surface area contributed by atoms with Crippen LogP contribution in [0.2, 0.25) is 5.02 Å². The van der Waals surface area contributed by atoms with Crippen LogP contribution in [-0.4, -0.2) is 215 Å². The number of hydrogen-bond donors (Lipinski definition) is 2. The van der Waals surface area contributed by atoms with Crippen LogP contribution in [0.3, 0.4) is 0 Å². The van der Waals surface area contributed by atoms with Crippen molar-refractivity contribution in [2.75, 3.05) is 105 Å². The van der Waals surface area contributed by atoms with Crippen molar-refractivity contribution in [1.82, 2.24) is 20.2 Å². The van der Waals surface area contributed by atoms with E-state index in [-0.39, 0.29) is 80.9 Å². The Labute approximate surface area is 488 Å². The fourth-order valence-electron chi connectivity index (χ4n) is 9.29. The quantitative estimate of drug-likeness (QED) is 0.0537. The lowest BCUT2D eigenvalue weighted by atomic mass is 9.83. The van der Waals surface area contributed by atoms with Gasteiger partial charge in [0.25, 0.3) is 11.8 Å². The zero-order valence-electron chi connectivity index (χ0n) is 48.9. The van der Waals surface area contributed by atoms with Gasteiger partial charge in [-0.15, -0.1) is 16.8 Å². The van der Waals surface area contributed by atoms with Crippen molar-refractivity contribution in [3.63, 3.8) is 0 Å². The average molecular weight is 1200 g/mol. The van der Waals surface area contributed by atoms with Gasteiger partial charge >= 0.3 is 18.0 Å². The molecule has 8 atom stereocenters. The number of aliphatic hydroxyl groups is 1. The Morgan fingerprint density at radius 1 is 0.927 bits per heavy atom. The van der Waals surface area contributed by atoms with E-state index in [1.165, 1.54) is 49.8 Å². The Hall–Kier alpha value is -5.38. The lowest BCUT2D eigenvalue weighted by molar-refractivity contribution is -0.198. The van der Waals surface area contributed by atoms with Crippen molar-refractivity contribution in [3.8, 4) is 5.75 Å². The molecule has 0 aliphatic carbocycles. The van der Waals surface area contributed by atoms with E-state index in [9.17, 15) is 43.5 Å². The highest BCUT2D eigenvalue weighted by atomic mass is 35.5. The summed E-state index contributed by atoms with van der Waals surface area (Å²) in [7, 11) is 7.63. The largest absolute Gasteiger partial charge is 0.495 e. The van der Waals surface area contributed by atoms with E-state index >= 15 is 0 Å². The van der Waals surface area contributed by atoms with Gasteiger partial charge in [-0.1, -0.05) is 56.2 Å². The van der Waals surface area contributed by atoms with Crippen molar-refractivity contribution in [2.45, 2.75) is 139 Å². The van der Waals surface area contributed by atoms with Crippen LogP contribution in [0.15, 0.2) is 35.9 Å². The van der Waals surface area contributed by atoms with Gasteiger partial charge in [0.2, 0.25) is 17.7 Å². The second kappa shape index (κ2) is 31.0. The molecule has 5 rings (SSSR count). The summed E-state index contributed by atoms with van der Waals surface area (Å²) in [6.45, 7) is 13.2. The minimum absolute atomic E-state index is 0.0241. The number of nitrogens with zero attached hydrogens (tertiary/aromatic N) is 4. The summed E-state index contributed by atoms with van der Waals surface area (Å²) in [4.78, 5) is 112. The lowest BCUT2D eigenvalue weighted by Crippen LogP contribution is -2.63. The van der Waals surface area contributed by atoms with Gasteiger partial charge in [-0.05, 0) is 51.3 Å². The molecule has 1 aromatic rings. The number of halogens is 1. The summed E-state index contributed by atoms with van der Waals surface area (Å²) in [5, 5.41) is 15.1. The number of alkyl carbamates (subject to hydrolysis) is 1. The van der Waals surface area contributed by atoms with E-state index in [1.807, 2.05) is 26.8 Å². The maximum Gasteiger partial charge on any atom is 0.409 e. The smallest absolute Gasteiger partial charge is 0.409 e. The fraction of sp³-hybridized carbons (Fsp3) is 0.679. The molecule has 4 aliphatic rings. The number of methoxy groups -OCH3 is 2. The second-order valence-electron chi connectivity index (χ2n) is 21.5. The summed E-state index contributed by atoms with van der Waals surface area (Å²) >= 11 is 8.24. The molecule has 4 bridgehead atoms. The number of allylic oxidation sites excluding steroid dienone is 3. The number of carbonyl (C=O) groups is 8. The maximum absolute atomic E-state index is 14.4. The van der Waals surface area contributed by atoms with Crippen LogP contribution in [0, 0.1) is 5.92 Å². The third-order valence-corrected chi connectivity index (χ3v) is 16.6. The van der Waals surface area contributed by atoms with Crippen LogP contribution in [-0.2, 0) is 82.7 Å².